The van der Waals surface area contributed by atoms with Gasteiger partial charge in [-0.25, -0.2) is 9.18 Å². The fourth-order valence-corrected chi connectivity index (χ4v) is 1.99. The number of halogens is 2. The second-order valence-electron chi connectivity index (χ2n) is 4.36. The largest absolute Gasteiger partial charge is 0.331 e. The molecule has 0 aromatic heterocycles. The van der Waals surface area contributed by atoms with Gasteiger partial charge >= 0.3 is 6.03 Å². The molecule has 3 nitrogen and oxygen atoms in total. The number of hydrogen-bond acceptors (Lipinski definition) is 1. The van der Waals surface area contributed by atoms with Gasteiger partial charge in [-0.3, -0.25) is 0 Å². The molecular formula is C15H14ClFN2O. The molecule has 0 heterocycles. The van der Waals surface area contributed by atoms with Crippen LogP contribution in [0.1, 0.15) is 18.5 Å². The Morgan fingerprint density at radius 2 is 1.90 bits per heavy atom. The van der Waals surface area contributed by atoms with Crippen molar-refractivity contribution in [1.29, 1.82) is 0 Å². The van der Waals surface area contributed by atoms with E-state index in [2.05, 4.69) is 10.6 Å². The predicted molar refractivity (Wildman–Crippen MR) is 78.4 cm³/mol. The zero-order valence-electron chi connectivity index (χ0n) is 10.9. The first-order valence-corrected chi connectivity index (χ1v) is 6.51. The van der Waals surface area contributed by atoms with Gasteiger partial charge in [-0.2, -0.15) is 0 Å². The van der Waals surface area contributed by atoms with Crippen LogP contribution in [0, 0.1) is 5.82 Å². The fourth-order valence-electron chi connectivity index (χ4n) is 1.77. The first-order chi connectivity index (χ1) is 9.56. The van der Waals surface area contributed by atoms with Crippen LogP contribution in [-0.2, 0) is 0 Å². The van der Waals surface area contributed by atoms with Crippen LogP contribution in [0.2, 0.25) is 5.02 Å². The standard InChI is InChI=1S/C15H14ClFN2O/c1-10(11-5-3-2-4-6-11)18-15(20)19-14-8-7-12(17)9-13(14)16/h2-10H,1H3,(H2,18,19,20). The van der Waals surface area contributed by atoms with Crippen LogP contribution in [-0.4, -0.2) is 6.03 Å². The summed E-state index contributed by atoms with van der Waals surface area (Å²) in [6.45, 7) is 1.88. The molecule has 1 unspecified atom stereocenters. The summed E-state index contributed by atoms with van der Waals surface area (Å²) in [6.07, 6.45) is 0. The number of amides is 2. The van der Waals surface area contributed by atoms with Gasteiger partial charge in [-0.05, 0) is 30.7 Å². The van der Waals surface area contributed by atoms with Gasteiger partial charge in [0.15, 0.2) is 0 Å². The molecule has 0 aliphatic rings. The van der Waals surface area contributed by atoms with Crippen LogP contribution in [0.4, 0.5) is 14.9 Å². The molecule has 0 aliphatic heterocycles. The van der Waals surface area contributed by atoms with Crippen molar-refractivity contribution in [1.82, 2.24) is 5.32 Å². The Kier molecular flexibility index (Phi) is 4.58. The molecule has 2 aromatic rings. The van der Waals surface area contributed by atoms with Crippen LogP contribution in [0.5, 0.6) is 0 Å². The van der Waals surface area contributed by atoms with E-state index in [1.807, 2.05) is 37.3 Å². The fraction of sp³-hybridized carbons (Fsp3) is 0.133. The summed E-state index contributed by atoms with van der Waals surface area (Å²) < 4.78 is 12.9. The highest BCUT2D eigenvalue weighted by atomic mass is 35.5. The molecule has 0 spiro atoms. The Labute approximate surface area is 121 Å². The first-order valence-electron chi connectivity index (χ1n) is 6.14. The zero-order valence-corrected chi connectivity index (χ0v) is 11.6. The number of hydrogen-bond donors (Lipinski definition) is 2. The summed E-state index contributed by atoms with van der Waals surface area (Å²) in [5.74, 6) is -0.446. The number of benzene rings is 2. The highest BCUT2D eigenvalue weighted by Crippen LogP contribution is 2.22. The Hall–Kier alpha value is -2.07. The van der Waals surface area contributed by atoms with Crippen molar-refractivity contribution in [3.63, 3.8) is 0 Å². The number of rotatable bonds is 3. The number of carbonyl (C=O) groups excluding carboxylic acids is 1. The number of urea groups is 1. The van der Waals surface area contributed by atoms with E-state index in [0.29, 0.717) is 5.69 Å². The van der Waals surface area contributed by atoms with E-state index in [1.54, 1.807) is 0 Å². The second-order valence-corrected chi connectivity index (χ2v) is 4.76. The van der Waals surface area contributed by atoms with Gasteiger partial charge in [-0.15, -0.1) is 0 Å². The van der Waals surface area contributed by atoms with Crippen LogP contribution >= 0.6 is 11.6 Å². The van der Waals surface area contributed by atoms with E-state index in [1.165, 1.54) is 12.1 Å². The van der Waals surface area contributed by atoms with E-state index < -0.39 is 11.8 Å². The molecular weight excluding hydrogens is 279 g/mol. The molecule has 0 saturated carbocycles. The molecule has 2 N–H and O–H groups in total. The van der Waals surface area contributed by atoms with Crippen LogP contribution < -0.4 is 10.6 Å². The lowest BCUT2D eigenvalue weighted by Gasteiger charge is -2.15. The summed E-state index contributed by atoms with van der Waals surface area (Å²) >= 11 is 5.84. The molecule has 5 heteroatoms. The van der Waals surface area contributed by atoms with Crippen molar-refractivity contribution in [3.05, 3.63) is 64.9 Å². The summed E-state index contributed by atoms with van der Waals surface area (Å²) in [6, 6.07) is 12.8. The topological polar surface area (TPSA) is 41.1 Å². The van der Waals surface area contributed by atoms with Crippen molar-refractivity contribution in [2.45, 2.75) is 13.0 Å². The Bertz CT molecular complexity index is 604. The molecule has 0 saturated heterocycles. The van der Waals surface area contributed by atoms with Gasteiger partial charge in [-0.1, -0.05) is 41.9 Å². The summed E-state index contributed by atoms with van der Waals surface area (Å²) in [4.78, 5) is 11.9. The minimum atomic E-state index is -0.446. The summed E-state index contributed by atoms with van der Waals surface area (Å²) in [5, 5.41) is 5.53. The number of carbonyl (C=O) groups is 1. The van der Waals surface area contributed by atoms with Crippen molar-refractivity contribution in [2.75, 3.05) is 5.32 Å². The van der Waals surface area contributed by atoms with E-state index in [9.17, 15) is 9.18 Å². The SMILES string of the molecule is CC(NC(=O)Nc1ccc(F)cc1Cl)c1ccccc1. The molecule has 1 atom stereocenters. The van der Waals surface area contributed by atoms with E-state index in [-0.39, 0.29) is 11.1 Å². The number of anilines is 1. The van der Waals surface area contributed by atoms with Gasteiger partial charge < -0.3 is 10.6 Å². The van der Waals surface area contributed by atoms with Gasteiger partial charge in [0.25, 0.3) is 0 Å². The average molecular weight is 293 g/mol. The highest BCUT2D eigenvalue weighted by Gasteiger charge is 2.10. The van der Waals surface area contributed by atoms with Gasteiger partial charge in [0, 0.05) is 0 Å². The van der Waals surface area contributed by atoms with Crippen molar-refractivity contribution in [2.24, 2.45) is 0 Å². The molecule has 0 radical (unpaired) electrons. The average Bonchev–Trinajstić information content (AvgIpc) is 2.43. The normalized spacial score (nSPS) is 11.8. The molecule has 104 valence electrons. The quantitative estimate of drug-likeness (QED) is 0.867. The van der Waals surface area contributed by atoms with E-state index in [0.717, 1.165) is 11.6 Å². The maximum Gasteiger partial charge on any atom is 0.319 e. The molecule has 20 heavy (non-hydrogen) atoms. The lowest BCUT2D eigenvalue weighted by atomic mass is 10.1. The van der Waals surface area contributed by atoms with Gasteiger partial charge in [0.1, 0.15) is 5.82 Å². The van der Waals surface area contributed by atoms with Crippen molar-refractivity contribution in [3.8, 4) is 0 Å². The Morgan fingerprint density at radius 3 is 2.55 bits per heavy atom. The predicted octanol–water partition coefficient (Wildman–Crippen LogP) is 4.36. The molecule has 0 fully saturated rings. The monoisotopic (exact) mass is 292 g/mol. The van der Waals surface area contributed by atoms with Crippen LogP contribution in [0.25, 0.3) is 0 Å². The third-order valence-electron chi connectivity index (χ3n) is 2.83. The molecule has 0 bridgehead atoms. The smallest absolute Gasteiger partial charge is 0.319 e. The number of nitrogens with one attached hydrogen (secondary N) is 2. The van der Waals surface area contributed by atoms with Crippen LogP contribution in [0.15, 0.2) is 48.5 Å². The second kappa shape index (κ2) is 6.39. The lowest BCUT2D eigenvalue weighted by Crippen LogP contribution is -2.31. The Balaban J connectivity index is 1.99. The summed E-state index contributed by atoms with van der Waals surface area (Å²) in [7, 11) is 0. The molecule has 2 rings (SSSR count). The molecule has 2 aromatic carbocycles. The highest BCUT2D eigenvalue weighted by molar-refractivity contribution is 6.33. The maximum atomic E-state index is 12.9. The van der Waals surface area contributed by atoms with Crippen molar-refractivity contribution >= 4 is 23.3 Å². The summed E-state index contributed by atoms with van der Waals surface area (Å²) in [5.41, 5.74) is 1.36. The third kappa shape index (κ3) is 3.71. The van der Waals surface area contributed by atoms with E-state index in [4.69, 9.17) is 11.6 Å². The van der Waals surface area contributed by atoms with Crippen LogP contribution in [0.3, 0.4) is 0 Å². The van der Waals surface area contributed by atoms with Gasteiger partial charge in [0.05, 0.1) is 16.8 Å². The maximum absolute atomic E-state index is 12.9. The molecule has 0 aliphatic carbocycles. The van der Waals surface area contributed by atoms with Crippen molar-refractivity contribution < 1.29 is 9.18 Å². The zero-order chi connectivity index (χ0) is 14.5. The van der Waals surface area contributed by atoms with E-state index >= 15 is 0 Å². The molecule has 2 amide bonds. The third-order valence-corrected chi connectivity index (χ3v) is 3.14. The first kappa shape index (κ1) is 14.3. The Morgan fingerprint density at radius 1 is 1.20 bits per heavy atom. The lowest BCUT2D eigenvalue weighted by molar-refractivity contribution is 0.249. The van der Waals surface area contributed by atoms with Gasteiger partial charge in [0.2, 0.25) is 0 Å². The minimum Gasteiger partial charge on any atom is -0.331 e. The minimum absolute atomic E-state index is 0.143.